The van der Waals surface area contributed by atoms with Crippen LogP contribution in [0.5, 0.6) is 0 Å². The average molecular weight is 302 g/mol. The second-order valence-corrected chi connectivity index (χ2v) is 6.80. The molecular formula is C18H30N4. The van der Waals surface area contributed by atoms with Gasteiger partial charge in [-0.2, -0.15) is 0 Å². The van der Waals surface area contributed by atoms with Crippen molar-refractivity contribution >= 4 is 5.82 Å². The highest BCUT2D eigenvalue weighted by Gasteiger charge is 2.32. The first-order valence-corrected chi connectivity index (χ1v) is 8.95. The van der Waals surface area contributed by atoms with Crippen LogP contribution in [0.4, 0.5) is 5.82 Å². The van der Waals surface area contributed by atoms with Crippen LogP contribution in [0, 0.1) is 12.8 Å². The Kier molecular flexibility index (Phi) is 5.68. The smallest absolute Gasteiger partial charge is 0.128 e. The van der Waals surface area contributed by atoms with E-state index in [4.69, 9.17) is 0 Å². The van der Waals surface area contributed by atoms with E-state index in [1.54, 1.807) is 0 Å². The van der Waals surface area contributed by atoms with E-state index in [1.807, 2.05) is 12.3 Å². The molecule has 2 fully saturated rings. The van der Waals surface area contributed by atoms with Gasteiger partial charge < -0.3 is 15.5 Å². The summed E-state index contributed by atoms with van der Waals surface area (Å²) in [6.45, 7) is 7.90. The molecule has 2 atom stereocenters. The van der Waals surface area contributed by atoms with Crippen molar-refractivity contribution in [1.29, 1.82) is 0 Å². The Labute approximate surface area is 134 Å². The molecule has 0 radical (unpaired) electrons. The maximum atomic E-state index is 4.37. The maximum Gasteiger partial charge on any atom is 0.128 e. The van der Waals surface area contributed by atoms with Gasteiger partial charge in [0.2, 0.25) is 0 Å². The molecule has 0 aliphatic carbocycles. The Balaban J connectivity index is 1.37. The van der Waals surface area contributed by atoms with Gasteiger partial charge in [0.1, 0.15) is 5.82 Å². The highest BCUT2D eigenvalue weighted by Crippen LogP contribution is 2.30. The van der Waals surface area contributed by atoms with Gasteiger partial charge >= 0.3 is 0 Å². The first-order valence-electron chi connectivity index (χ1n) is 8.95. The van der Waals surface area contributed by atoms with Gasteiger partial charge in [-0.15, -0.1) is 0 Å². The van der Waals surface area contributed by atoms with Crippen LogP contribution in [0.15, 0.2) is 18.3 Å². The maximum absolute atomic E-state index is 4.37. The fraction of sp³-hybridized carbons (Fsp3) is 0.722. The van der Waals surface area contributed by atoms with Crippen molar-refractivity contribution < 1.29 is 0 Å². The summed E-state index contributed by atoms with van der Waals surface area (Å²) in [5, 5.41) is 7.08. The Morgan fingerprint density at radius 2 is 2.09 bits per heavy atom. The van der Waals surface area contributed by atoms with Crippen molar-refractivity contribution in [2.45, 2.75) is 45.1 Å². The number of hydrogen-bond donors (Lipinski definition) is 2. The van der Waals surface area contributed by atoms with Gasteiger partial charge in [0.05, 0.1) is 0 Å². The number of aromatic nitrogens is 1. The van der Waals surface area contributed by atoms with Crippen molar-refractivity contribution in [1.82, 2.24) is 15.2 Å². The summed E-state index contributed by atoms with van der Waals surface area (Å²) in [5.41, 5.74) is 1.22. The minimum absolute atomic E-state index is 0.848. The van der Waals surface area contributed by atoms with Crippen LogP contribution in [-0.2, 0) is 0 Å². The molecule has 22 heavy (non-hydrogen) atoms. The van der Waals surface area contributed by atoms with Crippen LogP contribution in [0.2, 0.25) is 0 Å². The second kappa shape index (κ2) is 7.93. The lowest BCUT2D eigenvalue weighted by Crippen LogP contribution is -2.50. The van der Waals surface area contributed by atoms with Gasteiger partial charge in [0.15, 0.2) is 0 Å². The van der Waals surface area contributed by atoms with Crippen molar-refractivity contribution in [2.75, 3.05) is 38.0 Å². The Bertz CT molecular complexity index is 460. The number of nitrogens with zero attached hydrogens (tertiary/aromatic N) is 2. The molecule has 2 saturated heterocycles. The lowest BCUT2D eigenvalue weighted by atomic mass is 9.83. The Morgan fingerprint density at radius 3 is 3.00 bits per heavy atom. The first-order chi connectivity index (χ1) is 10.8. The molecule has 3 rings (SSSR count). The highest BCUT2D eigenvalue weighted by molar-refractivity contribution is 5.42. The number of piperidine rings is 2. The summed E-state index contributed by atoms with van der Waals surface area (Å²) in [7, 11) is 0. The third-order valence-corrected chi connectivity index (χ3v) is 5.24. The lowest BCUT2D eigenvalue weighted by Gasteiger charge is -2.44. The number of pyridine rings is 1. The minimum Gasteiger partial charge on any atom is -0.369 e. The van der Waals surface area contributed by atoms with E-state index in [9.17, 15) is 0 Å². The third-order valence-electron chi connectivity index (χ3n) is 5.24. The number of rotatable bonds is 6. The standard InChI is InChI=1S/C18H30N4/c1-15-6-4-9-20-18(15)21-11-10-19-14-16-7-5-13-22-12-3-2-8-17(16)22/h4,6,9,16-17,19H,2-3,5,7-8,10-14H2,1H3,(H,20,21)/t16-,17+/m0/s1. The third kappa shape index (κ3) is 3.99. The van der Waals surface area contributed by atoms with Gasteiger partial charge in [-0.3, -0.25) is 0 Å². The number of fused-ring (bicyclic) bond motifs is 1. The molecule has 2 aliphatic rings. The fourth-order valence-electron chi connectivity index (χ4n) is 4.04. The van der Waals surface area contributed by atoms with E-state index in [2.05, 4.69) is 33.5 Å². The van der Waals surface area contributed by atoms with E-state index in [1.165, 1.54) is 57.3 Å². The number of hydrogen-bond acceptors (Lipinski definition) is 4. The van der Waals surface area contributed by atoms with Crippen LogP contribution in [0.25, 0.3) is 0 Å². The quantitative estimate of drug-likeness (QED) is 0.793. The summed E-state index contributed by atoms with van der Waals surface area (Å²) in [6, 6.07) is 4.93. The molecule has 0 spiro atoms. The van der Waals surface area contributed by atoms with Crippen LogP contribution < -0.4 is 10.6 Å². The fourth-order valence-corrected chi connectivity index (χ4v) is 4.04. The minimum atomic E-state index is 0.848. The summed E-state index contributed by atoms with van der Waals surface area (Å²) < 4.78 is 0. The van der Waals surface area contributed by atoms with E-state index < -0.39 is 0 Å². The van der Waals surface area contributed by atoms with Crippen LogP contribution in [0.1, 0.15) is 37.7 Å². The summed E-state index contributed by atoms with van der Waals surface area (Å²) in [5.74, 6) is 1.87. The molecule has 0 aromatic carbocycles. The van der Waals surface area contributed by atoms with E-state index >= 15 is 0 Å². The number of aryl methyl sites for hydroxylation is 1. The molecule has 3 heterocycles. The largest absolute Gasteiger partial charge is 0.369 e. The number of nitrogens with one attached hydrogen (secondary N) is 2. The van der Waals surface area contributed by atoms with E-state index in [0.29, 0.717) is 0 Å². The van der Waals surface area contributed by atoms with Crippen molar-refractivity contribution in [3.63, 3.8) is 0 Å². The molecule has 4 nitrogen and oxygen atoms in total. The predicted octanol–water partition coefficient (Wildman–Crippen LogP) is 2.66. The second-order valence-electron chi connectivity index (χ2n) is 6.80. The molecule has 0 bridgehead atoms. The van der Waals surface area contributed by atoms with Crippen LogP contribution >= 0.6 is 0 Å². The number of anilines is 1. The molecule has 2 aliphatic heterocycles. The Hall–Kier alpha value is -1.13. The predicted molar refractivity (Wildman–Crippen MR) is 92.3 cm³/mol. The van der Waals surface area contributed by atoms with Crippen molar-refractivity contribution in [3.8, 4) is 0 Å². The van der Waals surface area contributed by atoms with Gasteiger partial charge in [-0.1, -0.05) is 12.5 Å². The van der Waals surface area contributed by atoms with Crippen molar-refractivity contribution in [3.05, 3.63) is 23.9 Å². The Morgan fingerprint density at radius 1 is 1.18 bits per heavy atom. The zero-order chi connectivity index (χ0) is 15.2. The molecule has 4 heteroatoms. The molecule has 0 unspecified atom stereocenters. The monoisotopic (exact) mass is 302 g/mol. The first kappa shape index (κ1) is 15.8. The molecule has 1 aromatic heterocycles. The molecule has 2 N–H and O–H groups in total. The highest BCUT2D eigenvalue weighted by atomic mass is 15.2. The molecular weight excluding hydrogens is 272 g/mol. The topological polar surface area (TPSA) is 40.2 Å². The molecule has 0 saturated carbocycles. The van der Waals surface area contributed by atoms with Gasteiger partial charge in [0.25, 0.3) is 0 Å². The summed E-state index contributed by atoms with van der Waals surface area (Å²) in [6.07, 6.45) is 8.89. The van der Waals surface area contributed by atoms with Crippen molar-refractivity contribution in [2.24, 2.45) is 5.92 Å². The zero-order valence-corrected chi connectivity index (χ0v) is 13.9. The van der Waals surface area contributed by atoms with Crippen LogP contribution in [-0.4, -0.2) is 48.6 Å². The normalized spacial score (nSPS) is 25.7. The van der Waals surface area contributed by atoms with E-state index in [-0.39, 0.29) is 0 Å². The van der Waals surface area contributed by atoms with Gasteiger partial charge in [-0.25, -0.2) is 4.98 Å². The SMILES string of the molecule is Cc1cccnc1NCCNC[C@@H]1CCCN2CCCC[C@H]12. The average Bonchev–Trinajstić information content (AvgIpc) is 2.56. The molecule has 0 amide bonds. The van der Waals surface area contributed by atoms with Crippen LogP contribution in [0.3, 0.4) is 0 Å². The molecule has 1 aromatic rings. The zero-order valence-electron chi connectivity index (χ0n) is 13.9. The molecule has 122 valence electrons. The summed E-state index contributed by atoms with van der Waals surface area (Å²) in [4.78, 5) is 7.12. The lowest BCUT2D eigenvalue weighted by molar-refractivity contribution is 0.0597. The van der Waals surface area contributed by atoms with Gasteiger partial charge in [0, 0.05) is 25.3 Å². The van der Waals surface area contributed by atoms with E-state index in [0.717, 1.165) is 30.9 Å². The van der Waals surface area contributed by atoms with Gasteiger partial charge in [-0.05, 0) is 69.8 Å². The summed E-state index contributed by atoms with van der Waals surface area (Å²) >= 11 is 0.